The van der Waals surface area contributed by atoms with Gasteiger partial charge in [-0.1, -0.05) is 24.9 Å². The van der Waals surface area contributed by atoms with Crippen molar-refractivity contribution >= 4 is 29.9 Å². The number of hydrogen-bond donors (Lipinski definition) is 1. The van der Waals surface area contributed by atoms with E-state index in [1.807, 2.05) is 0 Å². The molecule has 1 aromatic carbocycles. The molecule has 0 radical (unpaired) electrons. The molecule has 0 aliphatic rings. The SMILES string of the molecule is CCCC(CS)COc1ccc([N+](=O)[O-])cc1Cl. The lowest BCUT2D eigenvalue weighted by atomic mass is 10.1. The lowest BCUT2D eigenvalue weighted by Crippen LogP contribution is -2.13. The zero-order chi connectivity index (χ0) is 13.5. The predicted molar refractivity (Wildman–Crippen MR) is 75.9 cm³/mol. The number of nitro benzene ring substituents is 1. The first kappa shape index (κ1) is 15.1. The molecule has 1 rings (SSSR count). The predicted octanol–water partition coefficient (Wildman–Crippen LogP) is 3.97. The second-order valence-corrected chi connectivity index (χ2v) is 4.79. The smallest absolute Gasteiger partial charge is 0.271 e. The Hall–Kier alpha value is -0.940. The van der Waals surface area contributed by atoms with E-state index in [2.05, 4.69) is 19.6 Å². The van der Waals surface area contributed by atoms with E-state index < -0.39 is 4.92 Å². The van der Waals surface area contributed by atoms with Gasteiger partial charge in [0.1, 0.15) is 5.75 Å². The second-order valence-electron chi connectivity index (χ2n) is 4.02. The van der Waals surface area contributed by atoms with Crippen LogP contribution in [0.15, 0.2) is 18.2 Å². The molecule has 0 aromatic heterocycles. The number of halogens is 1. The number of nitro groups is 1. The first-order valence-corrected chi connectivity index (χ1v) is 6.77. The summed E-state index contributed by atoms with van der Waals surface area (Å²) in [6.45, 7) is 2.63. The molecule has 0 saturated carbocycles. The van der Waals surface area contributed by atoms with Gasteiger partial charge >= 0.3 is 0 Å². The molecule has 0 amide bonds. The molecule has 1 unspecified atom stereocenters. The van der Waals surface area contributed by atoms with Gasteiger partial charge in [0.15, 0.2) is 0 Å². The summed E-state index contributed by atoms with van der Waals surface area (Å²) in [5, 5.41) is 10.8. The van der Waals surface area contributed by atoms with E-state index >= 15 is 0 Å². The van der Waals surface area contributed by atoms with Crippen LogP contribution in [0.5, 0.6) is 5.75 Å². The third kappa shape index (κ3) is 4.38. The van der Waals surface area contributed by atoms with Gasteiger partial charge in [-0.25, -0.2) is 0 Å². The van der Waals surface area contributed by atoms with E-state index in [0.717, 1.165) is 18.6 Å². The fraction of sp³-hybridized carbons (Fsp3) is 0.500. The van der Waals surface area contributed by atoms with Gasteiger partial charge < -0.3 is 4.74 Å². The Morgan fingerprint density at radius 3 is 2.78 bits per heavy atom. The number of nitrogens with zero attached hydrogens (tertiary/aromatic N) is 1. The van der Waals surface area contributed by atoms with Crippen molar-refractivity contribution in [2.24, 2.45) is 5.92 Å². The molecule has 4 nitrogen and oxygen atoms in total. The summed E-state index contributed by atoms with van der Waals surface area (Å²) in [6.07, 6.45) is 2.11. The minimum absolute atomic E-state index is 0.0355. The number of hydrogen-bond acceptors (Lipinski definition) is 4. The molecule has 18 heavy (non-hydrogen) atoms. The van der Waals surface area contributed by atoms with E-state index in [9.17, 15) is 10.1 Å². The van der Waals surface area contributed by atoms with Crippen molar-refractivity contribution in [2.45, 2.75) is 19.8 Å². The molecule has 0 N–H and O–H groups in total. The summed E-state index contributed by atoms with van der Waals surface area (Å²) in [5.74, 6) is 1.59. The number of non-ortho nitro benzene ring substituents is 1. The number of thiol groups is 1. The van der Waals surface area contributed by atoms with Crippen LogP contribution in [-0.2, 0) is 0 Å². The number of rotatable bonds is 7. The summed E-state index contributed by atoms with van der Waals surface area (Å²) in [4.78, 5) is 10.1. The molecule has 0 bridgehead atoms. The van der Waals surface area contributed by atoms with Crippen LogP contribution in [0.4, 0.5) is 5.69 Å². The van der Waals surface area contributed by atoms with Crippen LogP contribution in [0.3, 0.4) is 0 Å². The van der Waals surface area contributed by atoms with Crippen LogP contribution in [0, 0.1) is 16.0 Å². The van der Waals surface area contributed by atoms with Crippen LogP contribution in [0.25, 0.3) is 0 Å². The van der Waals surface area contributed by atoms with Gasteiger partial charge in [-0.3, -0.25) is 10.1 Å². The van der Waals surface area contributed by atoms with Crippen molar-refractivity contribution in [1.29, 1.82) is 0 Å². The van der Waals surface area contributed by atoms with Gasteiger partial charge in [0, 0.05) is 18.1 Å². The normalized spacial score (nSPS) is 12.2. The molecule has 0 aliphatic heterocycles. The summed E-state index contributed by atoms with van der Waals surface area (Å²) in [7, 11) is 0. The molecule has 0 fully saturated rings. The molecule has 0 spiro atoms. The van der Waals surface area contributed by atoms with Crippen molar-refractivity contribution in [3.8, 4) is 5.75 Å². The summed E-state index contributed by atoms with van der Waals surface area (Å²) in [5.41, 5.74) is -0.0355. The van der Waals surface area contributed by atoms with E-state index in [1.54, 1.807) is 0 Å². The lowest BCUT2D eigenvalue weighted by molar-refractivity contribution is -0.384. The van der Waals surface area contributed by atoms with E-state index in [-0.39, 0.29) is 10.7 Å². The minimum atomic E-state index is -0.483. The Morgan fingerprint density at radius 2 is 2.28 bits per heavy atom. The second kappa shape index (κ2) is 7.48. The zero-order valence-electron chi connectivity index (χ0n) is 10.1. The maximum Gasteiger partial charge on any atom is 0.271 e. The van der Waals surface area contributed by atoms with Crippen molar-refractivity contribution in [2.75, 3.05) is 12.4 Å². The summed E-state index contributed by atoms with van der Waals surface area (Å²) < 4.78 is 5.57. The average molecular weight is 290 g/mol. The molecule has 0 saturated heterocycles. The topological polar surface area (TPSA) is 52.4 Å². The molecular weight excluding hydrogens is 274 g/mol. The van der Waals surface area contributed by atoms with E-state index in [0.29, 0.717) is 18.3 Å². The Labute approximate surface area is 117 Å². The standard InChI is InChI=1S/C12H16ClNO3S/c1-2-3-9(8-18)7-17-12-5-4-10(14(15)16)6-11(12)13/h4-6,9,18H,2-3,7-8H2,1H3. The van der Waals surface area contributed by atoms with Gasteiger partial charge in [0.25, 0.3) is 5.69 Å². The molecular formula is C12H16ClNO3S. The van der Waals surface area contributed by atoms with Crippen LogP contribution >= 0.6 is 24.2 Å². The Bertz CT molecular complexity index is 414. The Balaban J connectivity index is 2.65. The molecule has 100 valence electrons. The third-order valence-corrected chi connectivity index (χ3v) is 3.37. The van der Waals surface area contributed by atoms with Crippen molar-refractivity contribution in [3.63, 3.8) is 0 Å². The number of ether oxygens (including phenoxy) is 1. The highest BCUT2D eigenvalue weighted by atomic mass is 35.5. The van der Waals surface area contributed by atoms with Crippen LogP contribution in [-0.4, -0.2) is 17.3 Å². The van der Waals surface area contributed by atoms with Crippen LogP contribution in [0.1, 0.15) is 19.8 Å². The van der Waals surface area contributed by atoms with Crippen molar-refractivity contribution < 1.29 is 9.66 Å². The summed E-state index contributed by atoms with van der Waals surface area (Å²) in [6, 6.07) is 4.21. The lowest BCUT2D eigenvalue weighted by Gasteiger charge is -2.15. The molecule has 6 heteroatoms. The fourth-order valence-electron chi connectivity index (χ4n) is 1.56. The van der Waals surface area contributed by atoms with Crippen LogP contribution < -0.4 is 4.74 Å². The largest absolute Gasteiger partial charge is 0.492 e. The highest BCUT2D eigenvalue weighted by molar-refractivity contribution is 7.80. The van der Waals surface area contributed by atoms with Crippen molar-refractivity contribution in [3.05, 3.63) is 33.3 Å². The van der Waals surface area contributed by atoms with Gasteiger partial charge in [-0.15, -0.1) is 0 Å². The van der Waals surface area contributed by atoms with Crippen molar-refractivity contribution in [1.82, 2.24) is 0 Å². The highest BCUT2D eigenvalue weighted by Gasteiger charge is 2.12. The molecule has 0 heterocycles. The summed E-state index contributed by atoms with van der Waals surface area (Å²) >= 11 is 10.2. The van der Waals surface area contributed by atoms with Gasteiger partial charge in [0.2, 0.25) is 0 Å². The van der Waals surface area contributed by atoms with E-state index in [1.165, 1.54) is 18.2 Å². The maximum absolute atomic E-state index is 10.6. The fourth-order valence-corrected chi connectivity index (χ4v) is 2.08. The maximum atomic E-state index is 10.6. The first-order chi connectivity index (χ1) is 8.58. The van der Waals surface area contributed by atoms with Crippen LogP contribution in [0.2, 0.25) is 5.02 Å². The zero-order valence-corrected chi connectivity index (χ0v) is 11.8. The quantitative estimate of drug-likeness (QED) is 0.469. The molecule has 0 aliphatic carbocycles. The van der Waals surface area contributed by atoms with Gasteiger partial charge in [-0.2, -0.15) is 12.6 Å². The number of benzene rings is 1. The Kier molecular flexibility index (Phi) is 6.29. The van der Waals surface area contributed by atoms with E-state index in [4.69, 9.17) is 16.3 Å². The Morgan fingerprint density at radius 1 is 1.56 bits per heavy atom. The third-order valence-electron chi connectivity index (χ3n) is 2.56. The molecule has 1 atom stereocenters. The highest BCUT2D eigenvalue weighted by Crippen LogP contribution is 2.29. The van der Waals surface area contributed by atoms with Gasteiger partial charge in [0.05, 0.1) is 16.6 Å². The molecule has 1 aromatic rings. The average Bonchev–Trinajstić information content (AvgIpc) is 2.35. The minimum Gasteiger partial charge on any atom is -0.492 e. The van der Waals surface area contributed by atoms with Gasteiger partial charge in [-0.05, 0) is 18.2 Å². The monoisotopic (exact) mass is 289 g/mol. The first-order valence-electron chi connectivity index (χ1n) is 5.76.